The summed E-state index contributed by atoms with van der Waals surface area (Å²) in [5.41, 5.74) is 8.67. The van der Waals surface area contributed by atoms with Crippen LogP contribution in [0.25, 0.3) is 11.4 Å². The highest BCUT2D eigenvalue weighted by Crippen LogP contribution is 2.20. The van der Waals surface area contributed by atoms with Crippen molar-refractivity contribution < 1.29 is 0 Å². The Morgan fingerprint density at radius 1 is 1.24 bits per heavy atom. The minimum Gasteiger partial charge on any atom is -0.324 e. The molecule has 0 aliphatic carbocycles. The van der Waals surface area contributed by atoms with Crippen LogP contribution in [0.5, 0.6) is 0 Å². The van der Waals surface area contributed by atoms with Crippen LogP contribution >= 0.6 is 11.6 Å². The summed E-state index contributed by atoms with van der Waals surface area (Å²) in [4.78, 5) is 8.79. The lowest BCUT2D eigenvalue weighted by Gasteiger charge is -2.09. The Hall–Kier alpha value is -1.45. The minimum absolute atomic E-state index is 0.0470. The third-order valence-corrected chi connectivity index (χ3v) is 2.86. The highest BCUT2D eigenvalue weighted by Gasteiger charge is 2.08. The predicted octanol–water partition coefficient (Wildman–Crippen LogP) is 3.13. The molecule has 0 spiro atoms. The second-order valence-corrected chi connectivity index (χ2v) is 4.47. The molecule has 2 aromatic rings. The van der Waals surface area contributed by atoms with Crippen molar-refractivity contribution in [1.82, 2.24) is 9.97 Å². The molecule has 1 heterocycles. The monoisotopic (exact) mass is 247 g/mol. The van der Waals surface area contributed by atoms with Gasteiger partial charge in [0.25, 0.3) is 0 Å². The molecule has 2 rings (SSSR count). The number of hydrogen-bond acceptors (Lipinski definition) is 3. The van der Waals surface area contributed by atoms with E-state index < -0.39 is 0 Å². The van der Waals surface area contributed by atoms with E-state index in [0.717, 1.165) is 16.8 Å². The molecule has 0 fully saturated rings. The zero-order valence-corrected chi connectivity index (χ0v) is 10.6. The average molecular weight is 248 g/mol. The largest absolute Gasteiger partial charge is 0.324 e. The third kappa shape index (κ3) is 2.62. The van der Waals surface area contributed by atoms with Crippen molar-refractivity contribution in [2.75, 3.05) is 0 Å². The highest BCUT2D eigenvalue weighted by molar-refractivity contribution is 6.30. The van der Waals surface area contributed by atoms with Crippen LogP contribution in [-0.2, 0) is 0 Å². The topological polar surface area (TPSA) is 51.8 Å². The minimum atomic E-state index is -0.0470. The van der Waals surface area contributed by atoms with Crippen molar-refractivity contribution in [2.24, 2.45) is 5.73 Å². The Labute approximate surface area is 106 Å². The number of nitrogens with two attached hydrogens (primary N) is 1. The van der Waals surface area contributed by atoms with Crippen LogP contribution in [0, 0.1) is 6.92 Å². The molecule has 0 saturated heterocycles. The fourth-order valence-electron chi connectivity index (χ4n) is 1.66. The van der Waals surface area contributed by atoms with Gasteiger partial charge in [-0.15, -0.1) is 0 Å². The molecule has 1 unspecified atom stereocenters. The number of rotatable bonds is 2. The van der Waals surface area contributed by atoms with Crippen LogP contribution in [0.2, 0.25) is 5.02 Å². The standard InChI is InChI=1S/C13H14ClN3/c1-8(15)12-7-16-13(17-9(12)2)10-3-5-11(14)6-4-10/h3-8H,15H2,1-2H3. The predicted molar refractivity (Wildman–Crippen MR) is 69.8 cm³/mol. The van der Waals surface area contributed by atoms with Crippen molar-refractivity contribution in [1.29, 1.82) is 0 Å². The van der Waals surface area contributed by atoms with Gasteiger partial charge >= 0.3 is 0 Å². The van der Waals surface area contributed by atoms with E-state index in [1.165, 1.54) is 0 Å². The van der Waals surface area contributed by atoms with E-state index in [-0.39, 0.29) is 6.04 Å². The molecule has 3 nitrogen and oxygen atoms in total. The molecule has 2 N–H and O–H groups in total. The maximum atomic E-state index is 5.84. The van der Waals surface area contributed by atoms with Gasteiger partial charge in [0.15, 0.2) is 5.82 Å². The summed E-state index contributed by atoms with van der Waals surface area (Å²) in [5, 5.41) is 0.706. The summed E-state index contributed by atoms with van der Waals surface area (Å²) in [5.74, 6) is 0.698. The van der Waals surface area contributed by atoms with E-state index in [0.29, 0.717) is 10.8 Å². The Bertz CT molecular complexity index is 521. The lowest BCUT2D eigenvalue weighted by atomic mass is 10.1. The first-order valence-electron chi connectivity index (χ1n) is 5.43. The van der Waals surface area contributed by atoms with Crippen LogP contribution in [0.3, 0.4) is 0 Å². The Balaban J connectivity index is 2.41. The van der Waals surface area contributed by atoms with Gasteiger partial charge in [-0.05, 0) is 38.1 Å². The van der Waals surface area contributed by atoms with Crippen molar-refractivity contribution in [3.63, 3.8) is 0 Å². The van der Waals surface area contributed by atoms with Gasteiger partial charge < -0.3 is 5.73 Å². The summed E-state index contributed by atoms with van der Waals surface area (Å²) in [7, 11) is 0. The lowest BCUT2D eigenvalue weighted by Crippen LogP contribution is -2.09. The van der Waals surface area contributed by atoms with Gasteiger partial charge in [0.1, 0.15) is 0 Å². The molecule has 17 heavy (non-hydrogen) atoms. The highest BCUT2D eigenvalue weighted by atomic mass is 35.5. The van der Waals surface area contributed by atoms with Crippen molar-refractivity contribution in [3.05, 3.63) is 46.7 Å². The van der Waals surface area contributed by atoms with Crippen LogP contribution in [0.1, 0.15) is 24.2 Å². The van der Waals surface area contributed by atoms with Crippen molar-refractivity contribution in [3.8, 4) is 11.4 Å². The SMILES string of the molecule is Cc1nc(-c2ccc(Cl)cc2)ncc1C(C)N. The molecular weight excluding hydrogens is 234 g/mol. The number of nitrogens with zero attached hydrogens (tertiary/aromatic N) is 2. The number of aryl methyl sites for hydroxylation is 1. The average Bonchev–Trinajstić information content (AvgIpc) is 2.29. The number of hydrogen-bond donors (Lipinski definition) is 1. The normalized spacial score (nSPS) is 12.5. The van der Waals surface area contributed by atoms with Gasteiger partial charge in [-0.1, -0.05) is 11.6 Å². The summed E-state index contributed by atoms with van der Waals surface area (Å²) in [6.45, 7) is 3.87. The molecule has 0 saturated carbocycles. The van der Waals surface area contributed by atoms with E-state index in [1.54, 1.807) is 6.20 Å². The van der Waals surface area contributed by atoms with Gasteiger partial charge in [0.2, 0.25) is 0 Å². The zero-order chi connectivity index (χ0) is 12.4. The number of benzene rings is 1. The van der Waals surface area contributed by atoms with Gasteiger partial charge in [-0.25, -0.2) is 9.97 Å². The summed E-state index contributed by atoms with van der Waals surface area (Å²) in [6, 6.07) is 7.42. The molecule has 4 heteroatoms. The van der Waals surface area contributed by atoms with E-state index in [4.69, 9.17) is 17.3 Å². The molecule has 1 atom stereocenters. The maximum Gasteiger partial charge on any atom is 0.159 e. The van der Waals surface area contributed by atoms with E-state index >= 15 is 0 Å². The number of halogens is 1. The molecule has 0 radical (unpaired) electrons. The van der Waals surface area contributed by atoms with E-state index in [1.807, 2.05) is 38.1 Å². The van der Waals surface area contributed by atoms with Gasteiger partial charge in [0, 0.05) is 34.1 Å². The molecular formula is C13H14ClN3. The summed E-state index contributed by atoms with van der Waals surface area (Å²) >= 11 is 5.84. The molecule has 1 aromatic carbocycles. The molecule has 88 valence electrons. The van der Waals surface area contributed by atoms with Crippen LogP contribution in [0.4, 0.5) is 0 Å². The third-order valence-electron chi connectivity index (χ3n) is 2.61. The lowest BCUT2D eigenvalue weighted by molar-refractivity contribution is 0.790. The zero-order valence-electron chi connectivity index (χ0n) is 9.81. The Morgan fingerprint density at radius 2 is 1.88 bits per heavy atom. The summed E-state index contributed by atoms with van der Waals surface area (Å²) in [6.07, 6.45) is 1.79. The molecule has 0 bridgehead atoms. The first kappa shape index (κ1) is 12.0. The van der Waals surface area contributed by atoms with E-state index in [2.05, 4.69) is 9.97 Å². The fraction of sp³-hybridized carbons (Fsp3) is 0.231. The van der Waals surface area contributed by atoms with Crippen LogP contribution in [0.15, 0.2) is 30.5 Å². The smallest absolute Gasteiger partial charge is 0.159 e. The molecule has 1 aromatic heterocycles. The van der Waals surface area contributed by atoms with Crippen LogP contribution < -0.4 is 5.73 Å². The first-order valence-corrected chi connectivity index (χ1v) is 5.81. The second-order valence-electron chi connectivity index (χ2n) is 4.03. The van der Waals surface area contributed by atoms with Crippen molar-refractivity contribution in [2.45, 2.75) is 19.9 Å². The number of aromatic nitrogens is 2. The maximum absolute atomic E-state index is 5.84. The Morgan fingerprint density at radius 3 is 2.41 bits per heavy atom. The molecule has 0 amide bonds. The van der Waals surface area contributed by atoms with Crippen LogP contribution in [-0.4, -0.2) is 9.97 Å². The Kier molecular flexibility index (Phi) is 3.41. The van der Waals surface area contributed by atoms with E-state index in [9.17, 15) is 0 Å². The second kappa shape index (κ2) is 4.82. The van der Waals surface area contributed by atoms with Gasteiger partial charge in [-0.2, -0.15) is 0 Å². The van der Waals surface area contributed by atoms with Crippen molar-refractivity contribution >= 4 is 11.6 Å². The van der Waals surface area contributed by atoms with Gasteiger partial charge in [0.05, 0.1) is 0 Å². The van der Waals surface area contributed by atoms with Gasteiger partial charge in [-0.3, -0.25) is 0 Å². The fourth-order valence-corrected chi connectivity index (χ4v) is 1.79. The molecule has 0 aliphatic rings. The quantitative estimate of drug-likeness (QED) is 0.887. The molecule has 0 aliphatic heterocycles. The first-order chi connectivity index (χ1) is 8.08. The summed E-state index contributed by atoms with van der Waals surface area (Å²) < 4.78 is 0.